The molecule has 20 heavy (non-hydrogen) atoms. The van der Waals surface area contributed by atoms with E-state index in [0.29, 0.717) is 5.92 Å². The third kappa shape index (κ3) is 3.85. The van der Waals surface area contributed by atoms with Gasteiger partial charge in [0.15, 0.2) is 0 Å². The zero-order valence-electron chi connectivity index (χ0n) is 13.2. The Bertz CT molecular complexity index is 526. The van der Waals surface area contributed by atoms with Crippen molar-refractivity contribution in [2.24, 2.45) is 5.92 Å². The standard InChI is InChI=1S/C20H28/c1-4-6-9-17(5-2)14-16(3)19-13-12-18-10-7-8-11-20(18)15-19/h7-8,10-13,15-17H,4-6,9,14H2,1-3H3. The number of rotatable bonds is 7. The van der Waals surface area contributed by atoms with Gasteiger partial charge >= 0.3 is 0 Å². The third-order valence-corrected chi connectivity index (χ3v) is 4.57. The van der Waals surface area contributed by atoms with Crippen molar-refractivity contribution in [1.29, 1.82) is 0 Å². The van der Waals surface area contributed by atoms with Crippen LogP contribution in [0.1, 0.15) is 64.4 Å². The molecule has 2 unspecified atom stereocenters. The van der Waals surface area contributed by atoms with Crippen molar-refractivity contribution < 1.29 is 0 Å². The summed E-state index contributed by atoms with van der Waals surface area (Å²) in [7, 11) is 0. The second-order valence-electron chi connectivity index (χ2n) is 6.16. The number of benzene rings is 2. The molecule has 2 rings (SSSR count). The minimum Gasteiger partial charge on any atom is -0.0654 e. The molecule has 0 aliphatic heterocycles. The molecule has 0 aliphatic carbocycles. The van der Waals surface area contributed by atoms with Gasteiger partial charge in [-0.15, -0.1) is 0 Å². The topological polar surface area (TPSA) is 0 Å². The van der Waals surface area contributed by atoms with E-state index in [0.717, 1.165) is 5.92 Å². The van der Waals surface area contributed by atoms with Gasteiger partial charge in [-0.25, -0.2) is 0 Å². The fourth-order valence-corrected chi connectivity index (χ4v) is 3.13. The average molecular weight is 268 g/mol. The van der Waals surface area contributed by atoms with E-state index < -0.39 is 0 Å². The number of unbranched alkanes of at least 4 members (excludes halogenated alkanes) is 1. The highest BCUT2D eigenvalue weighted by atomic mass is 14.2. The lowest BCUT2D eigenvalue weighted by atomic mass is 9.85. The lowest BCUT2D eigenvalue weighted by Crippen LogP contribution is -2.05. The number of hydrogen-bond acceptors (Lipinski definition) is 0. The van der Waals surface area contributed by atoms with E-state index in [1.807, 2.05) is 0 Å². The zero-order chi connectivity index (χ0) is 14.4. The molecular formula is C20H28. The van der Waals surface area contributed by atoms with Gasteiger partial charge < -0.3 is 0 Å². The predicted octanol–water partition coefficient (Wildman–Crippen LogP) is 6.55. The van der Waals surface area contributed by atoms with Crippen LogP contribution in [0.4, 0.5) is 0 Å². The van der Waals surface area contributed by atoms with Crippen LogP contribution in [-0.2, 0) is 0 Å². The smallest absolute Gasteiger partial charge is 0.0181 e. The molecule has 0 saturated carbocycles. The van der Waals surface area contributed by atoms with Crippen LogP contribution < -0.4 is 0 Å². The molecule has 0 fully saturated rings. The van der Waals surface area contributed by atoms with Crippen LogP contribution in [0.15, 0.2) is 42.5 Å². The maximum absolute atomic E-state index is 2.39. The molecule has 108 valence electrons. The van der Waals surface area contributed by atoms with E-state index in [4.69, 9.17) is 0 Å². The summed E-state index contributed by atoms with van der Waals surface area (Å²) in [6.07, 6.45) is 6.74. The SMILES string of the molecule is CCCCC(CC)CC(C)c1ccc2ccccc2c1. The maximum Gasteiger partial charge on any atom is -0.0181 e. The molecular weight excluding hydrogens is 240 g/mol. The molecule has 0 heteroatoms. The Balaban J connectivity index is 2.07. The van der Waals surface area contributed by atoms with Gasteiger partial charge in [-0.3, -0.25) is 0 Å². The van der Waals surface area contributed by atoms with Crippen LogP contribution in [-0.4, -0.2) is 0 Å². The molecule has 0 N–H and O–H groups in total. The first kappa shape index (κ1) is 15.1. The summed E-state index contributed by atoms with van der Waals surface area (Å²) >= 11 is 0. The zero-order valence-corrected chi connectivity index (χ0v) is 13.2. The molecule has 0 heterocycles. The third-order valence-electron chi connectivity index (χ3n) is 4.57. The van der Waals surface area contributed by atoms with Crippen LogP contribution in [0.5, 0.6) is 0 Å². The van der Waals surface area contributed by atoms with Crippen molar-refractivity contribution in [3.63, 3.8) is 0 Å². The number of fused-ring (bicyclic) bond motifs is 1. The predicted molar refractivity (Wildman–Crippen MR) is 90.3 cm³/mol. The van der Waals surface area contributed by atoms with Gasteiger partial charge in [-0.1, -0.05) is 88.9 Å². The second-order valence-corrected chi connectivity index (χ2v) is 6.16. The summed E-state index contributed by atoms with van der Waals surface area (Å²) in [5.74, 6) is 1.55. The van der Waals surface area contributed by atoms with Crippen molar-refractivity contribution in [3.05, 3.63) is 48.0 Å². The van der Waals surface area contributed by atoms with E-state index in [1.165, 1.54) is 48.4 Å². The quantitative estimate of drug-likeness (QED) is 0.534. The van der Waals surface area contributed by atoms with Crippen LogP contribution in [0.3, 0.4) is 0 Å². The molecule has 2 aromatic carbocycles. The van der Waals surface area contributed by atoms with Crippen molar-refractivity contribution in [2.45, 2.75) is 58.8 Å². The first-order chi connectivity index (χ1) is 9.74. The Morgan fingerprint density at radius 1 is 0.950 bits per heavy atom. The van der Waals surface area contributed by atoms with Gasteiger partial charge in [0.1, 0.15) is 0 Å². The minimum atomic E-state index is 0.668. The summed E-state index contributed by atoms with van der Waals surface area (Å²) in [6.45, 7) is 7.02. The van der Waals surface area contributed by atoms with E-state index >= 15 is 0 Å². The summed E-state index contributed by atoms with van der Waals surface area (Å²) < 4.78 is 0. The van der Waals surface area contributed by atoms with Crippen molar-refractivity contribution in [1.82, 2.24) is 0 Å². The van der Waals surface area contributed by atoms with E-state index in [9.17, 15) is 0 Å². The highest BCUT2D eigenvalue weighted by Gasteiger charge is 2.13. The summed E-state index contributed by atoms with van der Waals surface area (Å²) in [5.41, 5.74) is 1.50. The monoisotopic (exact) mass is 268 g/mol. The Hall–Kier alpha value is -1.30. The molecule has 0 saturated heterocycles. The normalized spacial score (nSPS) is 14.3. The van der Waals surface area contributed by atoms with Crippen LogP contribution in [0.25, 0.3) is 10.8 Å². The van der Waals surface area contributed by atoms with Gasteiger partial charge in [-0.2, -0.15) is 0 Å². The molecule has 2 atom stereocenters. The number of hydrogen-bond donors (Lipinski definition) is 0. The highest BCUT2D eigenvalue weighted by Crippen LogP contribution is 2.29. The van der Waals surface area contributed by atoms with Crippen LogP contribution >= 0.6 is 0 Å². The lowest BCUT2D eigenvalue weighted by Gasteiger charge is -2.20. The first-order valence-corrected chi connectivity index (χ1v) is 8.23. The molecule has 0 radical (unpaired) electrons. The summed E-state index contributed by atoms with van der Waals surface area (Å²) in [4.78, 5) is 0. The van der Waals surface area contributed by atoms with E-state index in [1.54, 1.807) is 0 Å². The van der Waals surface area contributed by atoms with Crippen LogP contribution in [0.2, 0.25) is 0 Å². The van der Waals surface area contributed by atoms with Gasteiger partial charge in [0.05, 0.1) is 0 Å². The average Bonchev–Trinajstić information content (AvgIpc) is 2.50. The van der Waals surface area contributed by atoms with Crippen LogP contribution in [0, 0.1) is 5.92 Å². The molecule has 0 spiro atoms. The Morgan fingerprint density at radius 2 is 1.70 bits per heavy atom. The fourth-order valence-electron chi connectivity index (χ4n) is 3.13. The van der Waals surface area contributed by atoms with E-state index in [-0.39, 0.29) is 0 Å². The van der Waals surface area contributed by atoms with Crippen molar-refractivity contribution in [3.8, 4) is 0 Å². The van der Waals surface area contributed by atoms with Gasteiger partial charge in [-0.05, 0) is 34.6 Å². The van der Waals surface area contributed by atoms with Crippen molar-refractivity contribution >= 4 is 10.8 Å². The largest absolute Gasteiger partial charge is 0.0654 e. The minimum absolute atomic E-state index is 0.668. The molecule has 0 nitrogen and oxygen atoms in total. The fraction of sp³-hybridized carbons (Fsp3) is 0.500. The second kappa shape index (κ2) is 7.47. The Labute approximate surface area is 124 Å². The van der Waals surface area contributed by atoms with Crippen molar-refractivity contribution in [2.75, 3.05) is 0 Å². The first-order valence-electron chi connectivity index (χ1n) is 8.23. The molecule has 0 aliphatic rings. The molecule has 0 amide bonds. The highest BCUT2D eigenvalue weighted by molar-refractivity contribution is 5.83. The summed E-state index contributed by atoms with van der Waals surface area (Å²) in [6, 6.07) is 15.6. The summed E-state index contributed by atoms with van der Waals surface area (Å²) in [5, 5.41) is 2.72. The van der Waals surface area contributed by atoms with Gasteiger partial charge in [0.2, 0.25) is 0 Å². The molecule has 0 bridgehead atoms. The lowest BCUT2D eigenvalue weighted by molar-refractivity contribution is 0.394. The van der Waals surface area contributed by atoms with E-state index in [2.05, 4.69) is 63.2 Å². The molecule has 0 aromatic heterocycles. The van der Waals surface area contributed by atoms with Gasteiger partial charge in [0.25, 0.3) is 0 Å². The molecule has 2 aromatic rings. The Morgan fingerprint density at radius 3 is 2.40 bits per heavy atom. The maximum atomic E-state index is 2.39. The van der Waals surface area contributed by atoms with Gasteiger partial charge in [0, 0.05) is 0 Å². The Kier molecular flexibility index (Phi) is 5.64.